The van der Waals surface area contributed by atoms with Crippen molar-refractivity contribution in [1.82, 2.24) is 25.0 Å². The Labute approximate surface area is 336 Å². The lowest BCUT2D eigenvalue weighted by Gasteiger charge is -2.41. The summed E-state index contributed by atoms with van der Waals surface area (Å²) in [5, 5.41) is 5.68. The average molecular weight is 793 g/mol. The number of urea groups is 1. The smallest absolute Gasteiger partial charge is 0.322 e. The first kappa shape index (κ1) is 38.2. The third-order valence-electron chi connectivity index (χ3n) is 11.9. The van der Waals surface area contributed by atoms with Gasteiger partial charge in [0.05, 0.1) is 29.6 Å². The van der Waals surface area contributed by atoms with Gasteiger partial charge in [0.25, 0.3) is 11.8 Å². The van der Waals surface area contributed by atoms with Crippen LogP contribution < -0.4 is 25.3 Å². The van der Waals surface area contributed by atoms with E-state index in [4.69, 9.17) is 23.2 Å². The molecule has 3 aromatic rings. The minimum atomic E-state index is -0.974. The third-order valence-corrected chi connectivity index (χ3v) is 12.2. The van der Waals surface area contributed by atoms with Gasteiger partial charge in [-0.25, -0.2) is 14.6 Å². The molecule has 4 fully saturated rings. The molecule has 1 aromatic heterocycles. The summed E-state index contributed by atoms with van der Waals surface area (Å²) in [5.74, 6) is -0.501. The maximum atomic E-state index is 13.3. The van der Waals surface area contributed by atoms with Gasteiger partial charge in [0.2, 0.25) is 17.5 Å². The van der Waals surface area contributed by atoms with Gasteiger partial charge >= 0.3 is 6.03 Å². The molecule has 6 heterocycles. The predicted octanol–water partition coefficient (Wildman–Crippen LogP) is 4.47. The Balaban J connectivity index is 0.769. The first-order valence-electron chi connectivity index (χ1n) is 19.6. The van der Waals surface area contributed by atoms with Crippen LogP contribution in [0.3, 0.4) is 0 Å². The quantitative estimate of drug-likeness (QED) is 0.260. The van der Waals surface area contributed by atoms with E-state index in [-0.39, 0.29) is 24.9 Å². The largest absolute Gasteiger partial charge is 0.369 e. The van der Waals surface area contributed by atoms with Crippen molar-refractivity contribution in [3.8, 4) is 0 Å². The number of fused-ring (bicyclic) bond motifs is 1. The Morgan fingerprint density at radius 3 is 2.32 bits per heavy atom. The fourth-order valence-corrected chi connectivity index (χ4v) is 8.91. The Bertz CT molecular complexity index is 2130. The van der Waals surface area contributed by atoms with Gasteiger partial charge in [0.15, 0.2) is 0 Å². The lowest BCUT2D eigenvalue weighted by atomic mass is 9.96. The number of nitrogens with zero attached hydrogens (tertiary/aromatic N) is 8. The molecule has 0 bridgehead atoms. The number of carbonyl (C=O) groups is 5. The number of halogens is 1. The van der Waals surface area contributed by atoms with E-state index >= 15 is 0 Å². The second-order valence-electron chi connectivity index (χ2n) is 15.5. The highest BCUT2D eigenvalue weighted by atomic mass is 35.5. The summed E-state index contributed by atoms with van der Waals surface area (Å²) in [7, 11) is 0. The Kier molecular flexibility index (Phi) is 10.7. The molecule has 4 saturated heterocycles. The predicted molar refractivity (Wildman–Crippen MR) is 216 cm³/mol. The molecular weight excluding hydrogens is 748 g/mol. The van der Waals surface area contributed by atoms with Crippen molar-refractivity contribution in [3.63, 3.8) is 0 Å². The molecule has 5 aliphatic rings. The van der Waals surface area contributed by atoms with Crippen molar-refractivity contribution >= 4 is 69.8 Å². The lowest BCUT2D eigenvalue weighted by molar-refractivity contribution is -0.136. The van der Waals surface area contributed by atoms with E-state index < -0.39 is 29.7 Å². The monoisotopic (exact) mass is 792 g/mol. The Morgan fingerprint density at radius 2 is 1.63 bits per heavy atom. The van der Waals surface area contributed by atoms with E-state index in [0.717, 1.165) is 80.7 Å². The van der Waals surface area contributed by atoms with Crippen LogP contribution in [0.4, 0.5) is 33.4 Å². The maximum Gasteiger partial charge on any atom is 0.322 e. The van der Waals surface area contributed by atoms with Gasteiger partial charge in [-0.05, 0) is 74.6 Å². The van der Waals surface area contributed by atoms with Gasteiger partial charge in [0.1, 0.15) is 11.9 Å². The van der Waals surface area contributed by atoms with Crippen LogP contribution in [0.25, 0.3) is 4.85 Å². The number of pyridine rings is 1. The van der Waals surface area contributed by atoms with E-state index in [1.165, 1.54) is 0 Å². The van der Waals surface area contributed by atoms with Gasteiger partial charge in [-0.15, -0.1) is 0 Å². The van der Waals surface area contributed by atoms with Crippen LogP contribution in [-0.2, 0) is 9.59 Å². The van der Waals surface area contributed by atoms with E-state index in [1.807, 2.05) is 35.2 Å². The molecule has 0 saturated carbocycles. The minimum Gasteiger partial charge on any atom is -0.369 e. The molecule has 0 radical (unpaired) electrons. The molecule has 8 rings (SSSR count). The van der Waals surface area contributed by atoms with Crippen LogP contribution in [0.5, 0.6) is 0 Å². The number of benzene rings is 2. The first-order chi connectivity index (χ1) is 27.6. The molecule has 15 nitrogen and oxygen atoms in total. The molecule has 16 heteroatoms. The van der Waals surface area contributed by atoms with Crippen LogP contribution in [0.2, 0.25) is 5.02 Å². The zero-order chi connectivity index (χ0) is 39.8. The second-order valence-corrected chi connectivity index (χ2v) is 15.9. The molecule has 1 unspecified atom stereocenters. The van der Waals surface area contributed by atoms with Crippen molar-refractivity contribution in [2.75, 3.05) is 85.5 Å². The minimum absolute atomic E-state index is 0.0768. The van der Waals surface area contributed by atoms with Crippen molar-refractivity contribution in [1.29, 1.82) is 0 Å². The summed E-state index contributed by atoms with van der Waals surface area (Å²) < 4.78 is 0. The molecular formula is C41H45ClN10O5. The third kappa shape index (κ3) is 7.84. The number of piperazine rings is 2. The van der Waals surface area contributed by atoms with Crippen molar-refractivity contribution in [3.05, 3.63) is 82.3 Å². The van der Waals surface area contributed by atoms with E-state index in [2.05, 4.69) is 42.0 Å². The summed E-state index contributed by atoms with van der Waals surface area (Å²) >= 11 is 6.28. The second kappa shape index (κ2) is 16.0. The molecule has 2 atom stereocenters. The van der Waals surface area contributed by atoms with Crippen molar-refractivity contribution in [2.45, 2.75) is 44.7 Å². The fraction of sp³-hybridized carbons (Fsp3) is 0.439. The number of hydrogen-bond acceptors (Lipinski definition) is 10. The number of nitrogens with one attached hydrogen (secondary N) is 2. The number of hydrogen-bond donors (Lipinski definition) is 2. The highest BCUT2D eigenvalue weighted by Gasteiger charge is 2.45. The van der Waals surface area contributed by atoms with E-state index in [0.29, 0.717) is 53.1 Å². The van der Waals surface area contributed by atoms with E-state index in [9.17, 15) is 24.0 Å². The lowest BCUT2D eigenvalue weighted by Crippen LogP contribution is -2.54. The number of piperidine rings is 2. The number of rotatable bonds is 7. The summed E-state index contributed by atoms with van der Waals surface area (Å²) in [6, 6.07) is 13.6. The zero-order valence-corrected chi connectivity index (χ0v) is 32.6. The topological polar surface area (TPSA) is 146 Å². The van der Waals surface area contributed by atoms with Crippen molar-refractivity contribution in [2.24, 2.45) is 5.92 Å². The number of amides is 6. The summed E-state index contributed by atoms with van der Waals surface area (Å²) in [4.78, 5) is 83.8. The maximum absolute atomic E-state index is 13.3. The summed E-state index contributed by atoms with van der Waals surface area (Å²) in [5.41, 5.74) is 3.51. The van der Waals surface area contributed by atoms with Gasteiger partial charge in [-0.1, -0.05) is 17.7 Å². The standard InChI is InChI=1S/C41H45ClN10O5/c1-26-24-50(19-20-51(26)30-5-7-34(43-2)33(42)22-30)41(57)45-28-3-9-36(44-23-28)49-13-11-27(12-14-49)25-47-15-17-48(18-16-47)29-4-6-31-32(21-29)40(56)52(39(31)55)35-8-10-37(53)46-38(35)54/h3-7,9,21-23,26-27,35H,8,10-20,24-25H2,1H3,(H,45,57)(H,46,53,54)/t26-,35?/m1/s1. The number of carbonyl (C=O) groups excluding carboxylic acids is 5. The van der Waals surface area contributed by atoms with Crippen LogP contribution in [-0.4, -0.2) is 127 Å². The molecule has 5 aliphatic heterocycles. The summed E-state index contributed by atoms with van der Waals surface area (Å²) in [6.07, 6.45) is 4.07. The first-order valence-corrected chi connectivity index (χ1v) is 20.0. The SMILES string of the molecule is [C-]#[N+]c1ccc(N2CCN(C(=O)Nc3ccc(N4CCC(CN5CCN(c6ccc7c(c6)C(=O)N(C6CCC(=O)NC6=O)C7=O)CC5)CC4)nc3)C[C@H]2C)cc1Cl. The molecule has 57 heavy (non-hydrogen) atoms. The molecule has 296 valence electrons. The normalized spacial score (nSPS) is 22.1. The van der Waals surface area contributed by atoms with Gasteiger partial charge < -0.3 is 24.9 Å². The highest BCUT2D eigenvalue weighted by molar-refractivity contribution is 6.33. The number of aromatic nitrogens is 1. The molecule has 0 aliphatic carbocycles. The number of anilines is 4. The molecule has 6 amide bonds. The fourth-order valence-electron chi connectivity index (χ4n) is 8.69. The Morgan fingerprint density at radius 1 is 0.877 bits per heavy atom. The zero-order valence-electron chi connectivity index (χ0n) is 31.8. The van der Waals surface area contributed by atoms with Gasteiger partial charge in [-0.2, -0.15) is 0 Å². The molecule has 2 aromatic carbocycles. The average Bonchev–Trinajstić information content (AvgIpc) is 3.46. The Hall–Kier alpha value is -5.72. The van der Waals surface area contributed by atoms with Gasteiger partial charge in [-0.3, -0.25) is 34.3 Å². The number of imide groups is 2. The molecule has 2 N–H and O–H groups in total. The van der Waals surface area contributed by atoms with Crippen molar-refractivity contribution < 1.29 is 24.0 Å². The molecule has 0 spiro atoms. The van der Waals surface area contributed by atoms with Gasteiger partial charge in [0, 0.05) is 94.3 Å². The van der Waals surface area contributed by atoms with Crippen LogP contribution in [0.15, 0.2) is 54.7 Å². The van der Waals surface area contributed by atoms with Crippen LogP contribution >= 0.6 is 11.6 Å². The van der Waals surface area contributed by atoms with Crippen LogP contribution in [0, 0.1) is 12.5 Å². The van der Waals surface area contributed by atoms with Crippen LogP contribution in [0.1, 0.15) is 53.3 Å². The highest BCUT2D eigenvalue weighted by Crippen LogP contribution is 2.33. The van der Waals surface area contributed by atoms with E-state index in [1.54, 1.807) is 24.4 Å². The summed E-state index contributed by atoms with van der Waals surface area (Å²) in [6.45, 7) is 17.3.